The molecule has 31 heavy (non-hydrogen) atoms. The van der Waals surface area contributed by atoms with Gasteiger partial charge in [0.25, 0.3) is 11.5 Å². The standard InChI is InChI=1S/C23H28N6O2/c1-4-17-12-19-20(27-22(17)30)11-16(13-25-19)14-28-7-9-29(10-8-28)21-6-5-18(23(31)24-3)26-15(21)2/h5-6,11-13H,4,7-10,14H2,1-3H3,(H,24,31)(H,27,30). The number of aromatic amines is 1. The molecule has 8 heteroatoms. The van der Waals surface area contributed by atoms with Crippen molar-refractivity contribution >= 4 is 22.6 Å². The van der Waals surface area contributed by atoms with E-state index >= 15 is 0 Å². The molecule has 1 amide bonds. The van der Waals surface area contributed by atoms with E-state index in [9.17, 15) is 9.59 Å². The van der Waals surface area contributed by atoms with Crippen LogP contribution in [0.3, 0.4) is 0 Å². The van der Waals surface area contributed by atoms with Crippen molar-refractivity contribution in [3.05, 3.63) is 63.3 Å². The summed E-state index contributed by atoms with van der Waals surface area (Å²) in [6.45, 7) is 8.32. The summed E-state index contributed by atoms with van der Waals surface area (Å²) in [4.78, 5) is 40.6. The lowest BCUT2D eigenvalue weighted by Crippen LogP contribution is -2.46. The van der Waals surface area contributed by atoms with Crippen molar-refractivity contribution in [3.8, 4) is 0 Å². The van der Waals surface area contributed by atoms with Gasteiger partial charge >= 0.3 is 0 Å². The Balaban J connectivity index is 1.41. The zero-order valence-corrected chi connectivity index (χ0v) is 18.2. The largest absolute Gasteiger partial charge is 0.368 e. The van der Waals surface area contributed by atoms with Crippen LogP contribution in [0.5, 0.6) is 0 Å². The van der Waals surface area contributed by atoms with Crippen molar-refractivity contribution in [2.24, 2.45) is 0 Å². The average Bonchev–Trinajstić information content (AvgIpc) is 2.78. The highest BCUT2D eigenvalue weighted by atomic mass is 16.1. The van der Waals surface area contributed by atoms with Gasteiger partial charge in [-0.15, -0.1) is 0 Å². The molecule has 1 aliphatic heterocycles. The van der Waals surface area contributed by atoms with Crippen molar-refractivity contribution in [3.63, 3.8) is 0 Å². The number of carbonyl (C=O) groups excluding carboxylic acids is 1. The van der Waals surface area contributed by atoms with Gasteiger partial charge in [-0.2, -0.15) is 0 Å². The van der Waals surface area contributed by atoms with Crippen LogP contribution in [-0.2, 0) is 13.0 Å². The number of carbonyl (C=O) groups is 1. The summed E-state index contributed by atoms with van der Waals surface area (Å²) in [5, 5.41) is 2.61. The van der Waals surface area contributed by atoms with Gasteiger partial charge in [-0.1, -0.05) is 6.92 Å². The van der Waals surface area contributed by atoms with E-state index in [1.807, 2.05) is 38.2 Å². The van der Waals surface area contributed by atoms with Gasteiger partial charge in [0.15, 0.2) is 0 Å². The van der Waals surface area contributed by atoms with Crippen molar-refractivity contribution < 1.29 is 4.79 Å². The van der Waals surface area contributed by atoms with E-state index in [0.717, 1.165) is 66.3 Å². The number of hydrogen-bond acceptors (Lipinski definition) is 6. The van der Waals surface area contributed by atoms with Gasteiger partial charge in [0.05, 0.1) is 22.4 Å². The second-order valence-electron chi connectivity index (χ2n) is 7.90. The van der Waals surface area contributed by atoms with Crippen LogP contribution in [0.2, 0.25) is 0 Å². The molecule has 3 aromatic rings. The predicted molar refractivity (Wildman–Crippen MR) is 122 cm³/mol. The minimum absolute atomic E-state index is 0.0334. The number of amides is 1. The Morgan fingerprint density at radius 1 is 1.19 bits per heavy atom. The first kappa shape index (κ1) is 21.0. The normalized spacial score (nSPS) is 14.7. The lowest BCUT2D eigenvalue weighted by Gasteiger charge is -2.36. The Bertz CT molecular complexity index is 1160. The minimum atomic E-state index is -0.171. The van der Waals surface area contributed by atoms with Gasteiger partial charge < -0.3 is 15.2 Å². The number of rotatable bonds is 5. The Labute approximate surface area is 181 Å². The number of nitrogens with zero attached hydrogens (tertiary/aromatic N) is 4. The fraction of sp³-hybridized carbons (Fsp3) is 0.391. The van der Waals surface area contributed by atoms with Crippen molar-refractivity contribution in [1.82, 2.24) is 25.2 Å². The van der Waals surface area contributed by atoms with Crippen LogP contribution in [0.15, 0.2) is 35.3 Å². The molecule has 0 aliphatic carbocycles. The molecule has 0 atom stereocenters. The van der Waals surface area contributed by atoms with Crippen LogP contribution in [0.25, 0.3) is 11.0 Å². The molecule has 0 spiro atoms. The van der Waals surface area contributed by atoms with E-state index in [1.165, 1.54) is 0 Å². The zero-order valence-electron chi connectivity index (χ0n) is 18.2. The third-order valence-electron chi connectivity index (χ3n) is 5.84. The van der Waals surface area contributed by atoms with Gasteiger partial charge in [0.1, 0.15) is 5.69 Å². The first-order valence-corrected chi connectivity index (χ1v) is 10.7. The second-order valence-corrected chi connectivity index (χ2v) is 7.90. The molecule has 2 N–H and O–H groups in total. The Hall–Kier alpha value is -3.26. The summed E-state index contributed by atoms with van der Waals surface area (Å²) in [7, 11) is 1.61. The van der Waals surface area contributed by atoms with Crippen LogP contribution in [0.4, 0.5) is 5.69 Å². The Kier molecular flexibility index (Phi) is 5.99. The maximum atomic E-state index is 12.1. The monoisotopic (exact) mass is 420 g/mol. The molecular formula is C23H28N6O2. The van der Waals surface area contributed by atoms with Crippen molar-refractivity contribution in [2.45, 2.75) is 26.8 Å². The fourth-order valence-electron chi connectivity index (χ4n) is 4.06. The van der Waals surface area contributed by atoms with Crippen molar-refractivity contribution in [1.29, 1.82) is 0 Å². The molecule has 0 unspecified atom stereocenters. The summed E-state index contributed by atoms with van der Waals surface area (Å²) >= 11 is 0. The van der Waals surface area contributed by atoms with Crippen LogP contribution in [0.1, 0.15) is 34.2 Å². The number of fused-ring (bicyclic) bond motifs is 1. The molecule has 162 valence electrons. The average molecular weight is 421 g/mol. The van der Waals surface area contributed by atoms with E-state index in [0.29, 0.717) is 12.1 Å². The highest BCUT2D eigenvalue weighted by Gasteiger charge is 2.20. The second kappa shape index (κ2) is 8.85. The highest BCUT2D eigenvalue weighted by Crippen LogP contribution is 2.21. The number of H-pyrrole nitrogens is 1. The molecule has 1 saturated heterocycles. The molecule has 0 bridgehead atoms. The SMILES string of the molecule is CCc1cc2ncc(CN3CCN(c4ccc(C(=O)NC)nc4C)CC3)cc2[nH]c1=O. The molecule has 4 rings (SSSR count). The molecule has 0 saturated carbocycles. The maximum absolute atomic E-state index is 12.1. The van der Waals surface area contributed by atoms with E-state index < -0.39 is 0 Å². The first-order valence-electron chi connectivity index (χ1n) is 10.7. The molecular weight excluding hydrogens is 392 g/mol. The van der Waals surface area contributed by atoms with E-state index in [2.05, 4.69) is 30.1 Å². The molecule has 1 fully saturated rings. The molecule has 0 aromatic carbocycles. The molecule has 1 aliphatic rings. The van der Waals surface area contributed by atoms with Gasteiger partial charge in [-0.05, 0) is 43.2 Å². The third kappa shape index (κ3) is 4.44. The lowest BCUT2D eigenvalue weighted by molar-refractivity contribution is 0.0958. The quantitative estimate of drug-likeness (QED) is 0.655. The minimum Gasteiger partial charge on any atom is -0.368 e. The number of piperazine rings is 1. The van der Waals surface area contributed by atoms with Gasteiger partial charge in [-0.25, -0.2) is 4.98 Å². The summed E-state index contributed by atoms with van der Waals surface area (Å²) in [6.07, 6.45) is 2.60. The molecule has 4 heterocycles. The number of aromatic nitrogens is 3. The molecule has 0 radical (unpaired) electrons. The Morgan fingerprint density at radius 2 is 1.97 bits per heavy atom. The van der Waals surface area contributed by atoms with Gasteiger partial charge in [0.2, 0.25) is 0 Å². The number of pyridine rings is 3. The fourth-order valence-corrected chi connectivity index (χ4v) is 4.06. The predicted octanol–water partition coefficient (Wildman–Crippen LogP) is 1.87. The number of aryl methyl sites for hydroxylation is 2. The van der Waals surface area contributed by atoms with Crippen LogP contribution >= 0.6 is 0 Å². The van der Waals surface area contributed by atoms with Gasteiger partial charge in [-0.3, -0.25) is 19.5 Å². The van der Waals surface area contributed by atoms with E-state index in [1.54, 1.807) is 13.1 Å². The molecule has 3 aromatic heterocycles. The van der Waals surface area contributed by atoms with E-state index in [-0.39, 0.29) is 11.5 Å². The van der Waals surface area contributed by atoms with Crippen LogP contribution in [-0.4, -0.2) is 59.0 Å². The topological polar surface area (TPSA) is 94.2 Å². The smallest absolute Gasteiger partial charge is 0.269 e. The highest BCUT2D eigenvalue weighted by molar-refractivity contribution is 5.92. The summed E-state index contributed by atoms with van der Waals surface area (Å²) in [5.74, 6) is -0.171. The third-order valence-corrected chi connectivity index (χ3v) is 5.84. The number of anilines is 1. The number of hydrogen-bond donors (Lipinski definition) is 2. The molecule has 8 nitrogen and oxygen atoms in total. The van der Waals surface area contributed by atoms with E-state index in [4.69, 9.17) is 0 Å². The van der Waals surface area contributed by atoms with Crippen molar-refractivity contribution in [2.75, 3.05) is 38.1 Å². The maximum Gasteiger partial charge on any atom is 0.269 e. The summed E-state index contributed by atoms with van der Waals surface area (Å²) in [6, 6.07) is 7.67. The number of nitrogens with one attached hydrogen (secondary N) is 2. The lowest BCUT2D eigenvalue weighted by atomic mass is 10.1. The Morgan fingerprint density at radius 3 is 2.65 bits per heavy atom. The van der Waals surface area contributed by atoms with Crippen LogP contribution < -0.4 is 15.8 Å². The summed E-state index contributed by atoms with van der Waals surface area (Å²) < 4.78 is 0. The first-order chi connectivity index (χ1) is 15.0. The summed E-state index contributed by atoms with van der Waals surface area (Å²) in [5.41, 5.74) is 5.81. The zero-order chi connectivity index (χ0) is 22.0. The van der Waals surface area contributed by atoms with Gasteiger partial charge in [0, 0.05) is 51.5 Å². The van der Waals surface area contributed by atoms with Crippen LogP contribution in [0, 0.1) is 6.92 Å².